The van der Waals surface area contributed by atoms with Crippen LogP contribution >= 0.6 is 11.6 Å². The highest BCUT2D eigenvalue weighted by atomic mass is 35.5. The van der Waals surface area contributed by atoms with Crippen LogP contribution in [0, 0.1) is 0 Å². The summed E-state index contributed by atoms with van der Waals surface area (Å²) >= 11 is 5.84. The van der Waals surface area contributed by atoms with E-state index < -0.39 is 0 Å². The number of allylic oxidation sites excluding steroid dienone is 2. The Kier molecular flexibility index (Phi) is 4.21. The fraction of sp³-hybridized carbons (Fsp3) is 0.500. The summed E-state index contributed by atoms with van der Waals surface area (Å²) in [5, 5.41) is 0.727. The molecule has 0 heterocycles. The van der Waals surface area contributed by atoms with E-state index in [1.165, 1.54) is 0 Å². The summed E-state index contributed by atoms with van der Waals surface area (Å²) < 4.78 is 0. The highest BCUT2D eigenvalue weighted by Crippen LogP contribution is 2.09. The van der Waals surface area contributed by atoms with E-state index in [-0.39, 0.29) is 0 Å². The molecule has 0 fully saturated rings. The van der Waals surface area contributed by atoms with Crippen molar-refractivity contribution in [2.24, 2.45) is 0 Å². The molecule has 0 radical (unpaired) electrons. The van der Waals surface area contributed by atoms with Crippen LogP contribution in [0.1, 0.15) is 13.8 Å². The molecule has 0 bridgehead atoms. The molecule has 0 aromatic rings. The minimum atomic E-state index is 0.434. The van der Waals surface area contributed by atoms with Gasteiger partial charge in [0.25, 0.3) is 0 Å². The highest BCUT2D eigenvalue weighted by molar-refractivity contribution is 6.29. The molecule has 10 heavy (non-hydrogen) atoms. The second-order valence-electron chi connectivity index (χ2n) is 2.43. The standard InChI is InChI=1S/C8H14ClN/c1-5-6-8(9)10(4)7(2)3/h5-7H,1H2,2-4H3/b8-6-. The molecule has 0 aromatic carbocycles. The molecule has 0 aliphatic carbocycles. The molecule has 0 unspecified atom stereocenters. The number of hydrogen-bond donors (Lipinski definition) is 0. The van der Waals surface area contributed by atoms with Crippen LogP contribution in [0.2, 0.25) is 0 Å². The molecule has 0 spiro atoms. The van der Waals surface area contributed by atoms with Crippen molar-refractivity contribution in [1.82, 2.24) is 4.90 Å². The third-order valence-corrected chi connectivity index (χ3v) is 1.76. The van der Waals surface area contributed by atoms with Crippen molar-refractivity contribution in [2.75, 3.05) is 7.05 Å². The van der Waals surface area contributed by atoms with Crippen molar-refractivity contribution in [3.63, 3.8) is 0 Å². The molecule has 0 saturated carbocycles. The Morgan fingerprint density at radius 3 is 2.40 bits per heavy atom. The average molecular weight is 160 g/mol. The maximum Gasteiger partial charge on any atom is 0.104 e. The first-order valence-corrected chi connectivity index (χ1v) is 3.68. The van der Waals surface area contributed by atoms with Crippen LogP contribution in [-0.2, 0) is 0 Å². The first kappa shape index (κ1) is 9.57. The Morgan fingerprint density at radius 1 is 1.60 bits per heavy atom. The molecule has 0 aliphatic heterocycles. The largest absolute Gasteiger partial charge is 0.363 e. The molecule has 1 nitrogen and oxygen atoms in total. The van der Waals surface area contributed by atoms with E-state index in [0.717, 1.165) is 5.16 Å². The van der Waals surface area contributed by atoms with E-state index in [2.05, 4.69) is 20.4 Å². The van der Waals surface area contributed by atoms with Crippen LogP contribution in [-0.4, -0.2) is 18.0 Å². The van der Waals surface area contributed by atoms with E-state index in [0.29, 0.717) is 6.04 Å². The third-order valence-electron chi connectivity index (χ3n) is 1.37. The smallest absolute Gasteiger partial charge is 0.104 e. The molecule has 2 heteroatoms. The molecule has 0 aromatic heterocycles. The zero-order valence-corrected chi connectivity index (χ0v) is 7.52. The molecule has 0 N–H and O–H groups in total. The summed E-state index contributed by atoms with van der Waals surface area (Å²) in [7, 11) is 1.95. The van der Waals surface area contributed by atoms with Crippen LogP contribution in [0.5, 0.6) is 0 Å². The minimum absolute atomic E-state index is 0.434. The molecule has 0 amide bonds. The second-order valence-corrected chi connectivity index (χ2v) is 2.82. The predicted molar refractivity (Wildman–Crippen MR) is 47.0 cm³/mol. The maximum atomic E-state index is 5.84. The minimum Gasteiger partial charge on any atom is -0.363 e. The van der Waals surface area contributed by atoms with Gasteiger partial charge in [0.05, 0.1) is 0 Å². The van der Waals surface area contributed by atoms with E-state index in [1.807, 2.05) is 11.9 Å². The normalized spacial score (nSPS) is 11.9. The van der Waals surface area contributed by atoms with Gasteiger partial charge in [-0.2, -0.15) is 0 Å². The van der Waals surface area contributed by atoms with Gasteiger partial charge in [-0.05, 0) is 19.9 Å². The number of halogens is 1. The lowest BCUT2D eigenvalue weighted by Crippen LogP contribution is -2.22. The van der Waals surface area contributed by atoms with Gasteiger partial charge in [0.2, 0.25) is 0 Å². The van der Waals surface area contributed by atoms with Crippen LogP contribution in [0.4, 0.5) is 0 Å². The van der Waals surface area contributed by atoms with Crippen molar-refractivity contribution >= 4 is 11.6 Å². The Balaban J connectivity index is 4.06. The molecule has 58 valence electrons. The van der Waals surface area contributed by atoms with Crippen LogP contribution in [0.3, 0.4) is 0 Å². The number of hydrogen-bond acceptors (Lipinski definition) is 1. The van der Waals surface area contributed by atoms with Gasteiger partial charge in [-0.3, -0.25) is 0 Å². The van der Waals surface area contributed by atoms with Crippen LogP contribution in [0.15, 0.2) is 23.9 Å². The van der Waals surface area contributed by atoms with Gasteiger partial charge in [-0.1, -0.05) is 24.3 Å². The van der Waals surface area contributed by atoms with Crippen molar-refractivity contribution in [3.05, 3.63) is 23.9 Å². The fourth-order valence-electron chi connectivity index (χ4n) is 0.461. The molecular formula is C8H14ClN. The molecule has 0 atom stereocenters. The summed E-state index contributed by atoms with van der Waals surface area (Å²) in [6.45, 7) is 7.72. The average Bonchev–Trinajstić information content (AvgIpc) is 1.87. The number of nitrogens with zero attached hydrogens (tertiary/aromatic N) is 1. The van der Waals surface area contributed by atoms with Crippen molar-refractivity contribution < 1.29 is 0 Å². The lowest BCUT2D eigenvalue weighted by molar-refractivity contribution is 0.365. The van der Waals surface area contributed by atoms with Crippen molar-refractivity contribution in [3.8, 4) is 0 Å². The fourth-order valence-corrected chi connectivity index (χ4v) is 0.746. The summed E-state index contributed by atoms with van der Waals surface area (Å²) in [5.41, 5.74) is 0. The monoisotopic (exact) mass is 159 g/mol. The quantitative estimate of drug-likeness (QED) is 0.452. The van der Waals surface area contributed by atoms with Gasteiger partial charge < -0.3 is 4.90 Å². The topological polar surface area (TPSA) is 3.24 Å². The first-order valence-electron chi connectivity index (χ1n) is 3.30. The van der Waals surface area contributed by atoms with E-state index in [4.69, 9.17) is 11.6 Å². The lowest BCUT2D eigenvalue weighted by Gasteiger charge is -2.21. The van der Waals surface area contributed by atoms with Crippen molar-refractivity contribution in [2.45, 2.75) is 19.9 Å². The summed E-state index contributed by atoms with van der Waals surface area (Å²) in [4.78, 5) is 1.98. The van der Waals surface area contributed by atoms with E-state index in [1.54, 1.807) is 12.2 Å². The van der Waals surface area contributed by atoms with Gasteiger partial charge >= 0.3 is 0 Å². The molecule has 0 rings (SSSR count). The van der Waals surface area contributed by atoms with Gasteiger partial charge in [0, 0.05) is 13.1 Å². The zero-order chi connectivity index (χ0) is 8.15. The summed E-state index contributed by atoms with van der Waals surface area (Å²) in [6.07, 6.45) is 3.46. The predicted octanol–water partition coefficient (Wildman–Crippen LogP) is 2.59. The Morgan fingerprint density at radius 2 is 2.10 bits per heavy atom. The van der Waals surface area contributed by atoms with Gasteiger partial charge in [-0.25, -0.2) is 0 Å². The third kappa shape index (κ3) is 2.92. The summed E-state index contributed by atoms with van der Waals surface area (Å²) in [5.74, 6) is 0. The second kappa shape index (κ2) is 4.40. The van der Waals surface area contributed by atoms with Crippen molar-refractivity contribution in [1.29, 1.82) is 0 Å². The summed E-state index contributed by atoms with van der Waals surface area (Å²) in [6, 6.07) is 0.434. The van der Waals surface area contributed by atoms with E-state index in [9.17, 15) is 0 Å². The maximum absolute atomic E-state index is 5.84. The zero-order valence-electron chi connectivity index (χ0n) is 6.76. The first-order chi connectivity index (χ1) is 4.59. The molecule has 0 aliphatic rings. The van der Waals surface area contributed by atoms with E-state index >= 15 is 0 Å². The Bertz CT molecular complexity index is 138. The highest BCUT2D eigenvalue weighted by Gasteiger charge is 2.02. The van der Waals surface area contributed by atoms with Gasteiger partial charge in [0.15, 0.2) is 0 Å². The Hall–Kier alpha value is -0.430. The van der Waals surface area contributed by atoms with Gasteiger partial charge in [-0.15, -0.1) is 0 Å². The molecule has 0 saturated heterocycles. The SMILES string of the molecule is C=C/C=C(/Cl)N(C)C(C)C. The number of rotatable bonds is 3. The van der Waals surface area contributed by atoms with Crippen LogP contribution in [0.25, 0.3) is 0 Å². The lowest BCUT2D eigenvalue weighted by atomic mass is 10.3. The van der Waals surface area contributed by atoms with Gasteiger partial charge in [0.1, 0.15) is 5.16 Å². The molecular weight excluding hydrogens is 146 g/mol. The van der Waals surface area contributed by atoms with Crippen LogP contribution < -0.4 is 0 Å². The Labute approximate surface area is 68.0 Å².